The van der Waals surface area contributed by atoms with Crippen LogP contribution in [0.1, 0.15) is 0 Å². The summed E-state index contributed by atoms with van der Waals surface area (Å²) in [5.74, 6) is 0.661. The van der Waals surface area contributed by atoms with Crippen molar-refractivity contribution in [3.05, 3.63) is 176 Å². The van der Waals surface area contributed by atoms with Gasteiger partial charge in [0.25, 0.3) is 0 Å². The lowest BCUT2D eigenvalue weighted by atomic mass is 9.95. The second-order valence-corrected chi connectivity index (χ2v) is 15.2. The van der Waals surface area contributed by atoms with Gasteiger partial charge in [0.05, 0.1) is 22.2 Å². The summed E-state index contributed by atoms with van der Waals surface area (Å²) < 4.78 is 4.96. The molecule has 4 heteroatoms. The third-order valence-corrected chi connectivity index (χ3v) is 12.3. The molecule has 3 aromatic heterocycles. The lowest BCUT2D eigenvalue weighted by molar-refractivity contribution is 1.02. The minimum absolute atomic E-state index is 0.661. The first kappa shape index (κ1) is 29.7. The first-order valence-corrected chi connectivity index (χ1v) is 19.2. The van der Waals surface area contributed by atoms with Crippen LogP contribution in [-0.4, -0.2) is 14.5 Å². The number of hydrogen-bond donors (Lipinski definition) is 0. The van der Waals surface area contributed by atoms with Crippen LogP contribution in [0.4, 0.5) is 0 Å². The van der Waals surface area contributed by atoms with Crippen LogP contribution in [0, 0.1) is 0 Å². The van der Waals surface area contributed by atoms with Crippen molar-refractivity contribution < 1.29 is 0 Å². The predicted molar refractivity (Wildman–Crippen MR) is 230 cm³/mol. The molecular weight excluding hydrogens is 675 g/mol. The van der Waals surface area contributed by atoms with E-state index in [2.05, 4.69) is 180 Å². The van der Waals surface area contributed by atoms with Crippen LogP contribution in [0.2, 0.25) is 0 Å². The highest BCUT2D eigenvalue weighted by Crippen LogP contribution is 2.46. The zero-order chi connectivity index (χ0) is 35.3. The van der Waals surface area contributed by atoms with E-state index in [1.165, 1.54) is 68.8 Å². The Morgan fingerprint density at radius 1 is 0.389 bits per heavy atom. The summed E-state index contributed by atoms with van der Waals surface area (Å²) >= 11 is 1.87. The number of aromatic nitrogens is 3. The summed E-state index contributed by atoms with van der Waals surface area (Å²) in [6.07, 6.45) is 0. The van der Waals surface area contributed by atoms with Crippen LogP contribution in [0.25, 0.3) is 114 Å². The van der Waals surface area contributed by atoms with Crippen LogP contribution in [0.3, 0.4) is 0 Å². The van der Waals surface area contributed by atoms with Gasteiger partial charge < -0.3 is 0 Å². The van der Waals surface area contributed by atoms with Gasteiger partial charge in [-0.15, -0.1) is 11.3 Å². The SMILES string of the molecule is c1ccc(-c2nc(-n3c4c(-c5ccc6sc7ccc8ccccc8c7c6c5)cccc4c4c5ccccc5c5ccccc5c43)nc3ccccc23)cc1. The molecule has 0 saturated carbocycles. The molecular formula is C50H29N3S. The van der Waals surface area contributed by atoms with Gasteiger partial charge in [-0.3, -0.25) is 4.57 Å². The predicted octanol–water partition coefficient (Wildman–Crippen LogP) is 13.9. The quantitative estimate of drug-likeness (QED) is 0.172. The molecule has 0 aliphatic carbocycles. The molecule has 3 heterocycles. The van der Waals surface area contributed by atoms with Crippen LogP contribution in [0.15, 0.2) is 176 Å². The maximum absolute atomic E-state index is 5.51. The lowest BCUT2D eigenvalue weighted by Gasteiger charge is -2.15. The highest BCUT2D eigenvalue weighted by Gasteiger charge is 2.24. The minimum atomic E-state index is 0.661. The van der Waals surface area contributed by atoms with E-state index in [0.29, 0.717) is 5.95 Å². The van der Waals surface area contributed by atoms with E-state index in [0.717, 1.165) is 38.8 Å². The second-order valence-electron chi connectivity index (χ2n) is 14.1. The largest absolute Gasteiger partial charge is 0.277 e. The van der Waals surface area contributed by atoms with Crippen molar-refractivity contribution in [2.75, 3.05) is 0 Å². The Kier molecular flexibility index (Phi) is 6.21. The summed E-state index contributed by atoms with van der Waals surface area (Å²) in [5, 5.41) is 13.5. The van der Waals surface area contributed by atoms with Crippen LogP contribution < -0.4 is 0 Å². The average molecular weight is 704 g/mol. The number of benzene rings is 9. The van der Waals surface area contributed by atoms with Crippen LogP contribution >= 0.6 is 11.3 Å². The van der Waals surface area contributed by atoms with Gasteiger partial charge in [0, 0.05) is 52.8 Å². The highest BCUT2D eigenvalue weighted by atomic mass is 32.1. The van der Waals surface area contributed by atoms with Gasteiger partial charge in [-0.1, -0.05) is 152 Å². The minimum Gasteiger partial charge on any atom is -0.277 e. The molecule has 0 N–H and O–H groups in total. The normalized spacial score (nSPS) is 12.1. The average Bonchev–Trinajstić information content (AvgIpc) is 3.80. The van der Waals surface area contributed by atoms with E-state index in [1.54, 1.807) is 0 Å². The molecule has 0 bridgehead atoms. The van der Waals surface area contributed by atoms with Gasteiger partial charge in [-0.2, -0.15) is 0 Å². The number of para-hydroxylation sites is 2. The van der Waals surface area contributed by atoms with Gasteiger partial charge in [0.1, 0.15) is 0 Å². The van der Waals surface area contributed by atoms with Crippen molar-refractivity contribution in [1.29, 1.82) is 0 Å². The second kappa shape index (κ2) is 11.3. The summed E-state index contributed by atoms with van der Waals surface area (Å²) in [6, 6.07) is 63.5. The van der Waals surface area contributed by atoms with Gasteiger partial charge in [-0.05, 0) is 56.8 Å². The summed E-state index contributed by atoms with van der Waals surface area (Å²) in [6.45, 7) is 0. The molecule has 0 amide bonds. The molecule has 0 unspecified atom stereocenters. The molecule has 0 radical (unpaired) electrons. The molecule has 250 valence electrons. The molecule has 9 aromatic carbocycles. The van der Waals surface area contributed by atoms with Crippen molar-refractivity contribution in [1.82, 2.24) is 14.5 Å². The Morgan fingerprint density at radius 3 is 1.91 bits per heavy atom. The fourth-order valence-electron chi connectivity index (χ4n) is 8.85. The van der Waals surface area contributed by atoms with Gasteiger partial charge in [0.2, 0.25) is 5.95 Å². The summed E-state index contributed by atoms with van der Waals surface area (Å²) in [7, 11) is 0. The maximum Gasteiger partial charge on any atom is 0.235 e. The third-order valence-electron chi connectivity index (χ3n) is 11.2. The van der Waals surface area contributed by atoms with E-state index < -0.39 is 0 Å². The molecule has 0 spiro atoms. The zero-order valence-corrected chi connectivity index (χ0v) is 29.8. The van der Waals surface area contributed by atoms with E-state index in [4.69, 9.17) is 9.97 Å². The smallest absolute Gasteiger partial charge is 0.235 e. The van der Waals surface area contributed by atoms with Crippen molar-refractivity contribution in [2.45, 2.75) is 0 Å². The highest BCUT2D eigenvalue weighted by molar-refractivity contribution is 7.26. The first-order chi connectivity index (χ1) is 26.8. The molecule has 0 atom stereocenters. The van der Waals surface area contributed by atoms with Crippen molar-refractivity contribution in [3.8, 4) is 28.3 Å². The van der Waals surface area contributed by atoms with E-state index >= 15 is 0 Å². The van der Waals surface area contributed by atoms with E-state index in [-0.39, 0.29) is 0 Å². The molecule has 54 heavy (non-hydrogen) atoms. The number of rotatable bonds is 3. The van der Waals surface area contributed by atoms with Gasteiger partial charge in [-0.25, -0.2) is 9.97 Å². The summed E-state index contributed by atoms with van der Waals surface area (Å²) in [5.41, 5.74) is 7.44. The number of nitrogens with zero attached hydrogens (tertiary/aromatic N) is 3. The maximum atomic E-state index is 5.51. The molecule has 12 rings (SSSR count). The van der Waals surface area contributed by atoms with Crippen molar-refractivity contribution >= 4 is 96.5 Å². The van der Waals surface area contributed by atoms with Crippen molar-refractivity contribution in [2.24, 2.45) is 0 Å². The van der Waals surface area contributed by atoms with Crippen molar-refractivity contribution in [3.63, 3.8) is 0 Å². The first-order valence-electron chi connectivity index (χ1n) is 18.3. The van der Waals surface area contributed by atoms with Gasteiger partial charge in [0.15, 0.2) is 0 Å². The zero-order valence-electron chi connectivity index (χ0n) is 29.0. The summed E-state index contributed by atoms with van der Waals surface area (Å²) in [4.78, 5) is 10.9. The molecule has 0 saturated heterocycles. The van der Waals surface area contributed by atoms with Crippen LogP contribution in [0.5, 0.6) is 0 Å². The Hall–Kier alpha value is -6.88. The van der Waals surface area contributed by atoms with Gasteiger partial charge >= 0.3 is 0 Å². The standard InChI is InChI=1S/C50H29N3S/c1-2-14-31(15-3-1)47-39-21-10-11-24-42(39)51-50(52-47)53-48-34(32-26-27-43-41(29-32)45-33-16-5-4-13-30(33)25-28-44(45)54-43)22-12-23-40(48)46-37-19-8-6-17-35(37)36-18-7-9-20-38(36)49(46)53/h1-29H. The number of fused-ring (bicyclic) bond motifs is 14. The van der Waals surface area contributed by atoms with E-state index in [9.17, 15) is 0 Å². The Balaban J connectivity index is 1.27. The molecule has 3 nitrogen and oxygen atoms in total. The third kappa shape index (κ3) is 4.17. The Labute approximate surface area is 314 Å². The lowest BCUT2D eigenvalue weighted by Crippen LogP contribution is -2.04. The number of hydrogen-bond acceptors (Lipinski definition) is 3. The van der Waals surface area contributed by atoms with E-state index in [1.807, 2.05) is 11.3 Å². The topological polar surface area (TPSA) is 30.7 Å². The Morgan fingerprint density at radius 2 is 1.06 bits per heavy atom. The monoisotopic (exact) mass is 703 g/mol. The molecule has 0 aliphatic heterocycles. The fourth-order valence-corrected chi connectivity index (χ4v) is 9.96. The van der Waals surface area contributed by atoms with Crippen LogP contribution in [-0.2, 0) is 0 Å². The molecule has 0 fully saturated rings. The fraction of sp³-hybridized carbons (Fsp3) is 0. The Bertz CT molecular complexity index is 3500. The number of thiophene rings is 1. The molecule has 0 aliphatic rings. The molecule has 12 aromatic rings.